The summed E-state index contributed by atoms with van der Waals surface area (Å²) in [5.41, 5.74) is 6.51. The average molecular weight is 209 g/mol. The molecule has 16 heavy (non-hydrogen) atoms. The molecular weight excluding hydrogens is 194 g/mol. The number of hydrogen-bond acceptors (Lipinski definition) is 0. The van der Waals surface area contributed by atoms with Crippen molar-refractivity contribution >= 4 is 21.8 Å². The Morgan fingerprint density at radius 2 is 1.56 bits per heavy atom. The standard InChI is InChI=1S/C15H15N/c1-9-7-11(3)15-13(8-9)16-12-6-4-5-10(2)14(12)15/h4-8,16H,1-3H3. The molecule has 1 heterocycles. The van der Waals surface area contributed by atoms with Crippen molar-refractivity contribution in [3.05, 3.63) is 47.0 Å². The van der Waals surface area contributed by atoms with Crippen LogP contribution < -0.4 is 0 Å². The molecule has 0 saturated carbocycles. The van der Waals surface area contributed by atoms with E-state index < -0.39 is 0 Å². The van der Waals surface area contributed by atoms with Gasteiger partial charge >= 0.3 is 0 Å². The first-order valence-corrected chi connectivity index (χ1v) is 5.65. The fraction of sp³-hybridized carbons (Fsp3) is 0.200. The molecule has 0 unspecified atom stereocenters. The van der Waals surface area contributed by atoms with Crippen molar-refractivity contribution < 1.29 is 0 Å². The molecule has 0 atom stereocenters. The third-order valence-corrected chi connectivity index (χ3v) is 3.27. The van der Waals surface area contributed by atoms with E-state index in [1.165, 1.54) is 38.5 Å². The minimum absolute atomic E-state index is 1.24. The highest BCUT2D eigenvalue weighted by molar-refractivity contribution is 6.10. The summed E-state index contributed by atoms with van der Waals surface area (Å²) in [5.74, 6) is 0. The highest BCUT2D eigenvalue weighted by Crippen LogP contribution is 2.31. The smallest absolute Gasteiger partial charge is 0.0470 e. The van der Waals surface area contributed by atoms with Crippen molar-refractivity contribution in [2.45, 2.75) is 20.8 Å². The van der Waals surface area contributed by atoms with E-state index in [1.54, 1.807) is 0 Å². The highest BCUT2D eigenvalue weighted by atomic mass is 14.7. The molecule has 0 aliphatic rings. The molecule has 80 valence electrons. The average Bonchev–Trinajstić information content (AvgIpc) is 2.56. The maximum absolute atomic E-state index is 3.50. The molecule has 0 saturated heterocycles. The molecule has 0 radical (unpaired) electrons. The van der Waals surface area contributed by atoms with Crippen molar-refractivity contribution in [1.29, 1.82) is 0 Å². The van der Waals surface area contributed by atoms with Crippen LogP contribution in [0.25, 0.3) is 21.8 Å². The minimum atomic E-state index is 1.24. The van der Waals surface area contributed by atoms with E-state index in [0.717, 1.165) is 0 Å². The van der Waals surface area contributed by atoms with Gasteiger partial charge in [0.1, 0.15) is 0 Å². The first-order chi connectivity index (χ1) is 7.66. The lowest BCUT2D eigenvalue weighted by Gasteiger charge is -2.01. The summed E-state index contributed by atoms with van der Waals surface area (Å²) in [4.78, 5) is 3.50. The molecule has 1 nitrogen and oxygen atoms in total. The van der Waals surface area contributed by atoms with Gasteiger partial charge in [0.15, 0.2) is 0 Å². The Labute approximate surface area is 95.1 Å². The van der Waals surface area contributed by atoms with Crippen LogP contribution in [0.4, 0.5) is 0 Å². The van der Waals surface area contributed by atoms with Crippen LogP contribution in [0.15, 0.2) is 30.3 Å². The number of fused-ring (bicyclic) bond motifs is 3. The molecule has 0 aliphatic carbocycles. The summed E-state index contributed by atoms with van der Waals surface area (Å²) in [6, 6.07) is 10.9. The quantitative estimate of drug-likeness (QED) is 0.569. The van der Waals surface area contributed by atoms with E-state index in [0.29, 0.717) is 0 Å². The van der Waals surface area contributed by atoms with Crippen LogP contribution in [0.1, 0.15) is 16.7 Å². The molecule has 0 amide bonds. The van der Waals surface area contributed by atoms with Crippen LogP contribution >= 0.6 is 0 Å². The largest absolute Gasteiger partial charge is 0.354 e. The summed E-state index contributed by atoms with van der Waals surface area (Å²) in [5, 5.41) is 2.74. The van der Waals surface area contributed by atoms with E-state index in [9.17, 15) is 0 Å². The predicted octanol–water partition coefficient (Wildman–Crippen LogP) is 4.25. The molecule has 3 rings (SSSR count). The topological polar surface area (TPSA) is 15.8 Å². The number of nitrogens with one attached hydrogen (secondary N) is 1. The Balaban J connectivity index is 2.63. The van der Waals surface area contributed by atoms with Gasteiger partial charge < -0.3 is 4.98 Å². The Morgan fingerprint density at radius 3 is 2.38 bits per heavy atom. The molecule has 0 bridgehead atoms. The Hall–Kier alpha value is -1.76. The maximum atomic E-state index is 3.50. The van der Waals surface area contributed by atoms with Crippen LogP contribution in [0.2, 0.25) is 0 Å². The van der Waals surface area contributed by atoms with Gasteiger partial charge in [-0.2, -0.15) is 0 Å². The molecule has 0 spiro atoms. The van der Waals surface area contributed by atoms with Crippen LogP contribution in [0, 0.1) is 20.8 Å². The molecule has 0 aliphatic heterocycles. The van der Waals surface area contributed by atoms with Crippen LogP contribution in [-0.4, -0.2) is 4.98 Å². The molecule has 0 fully saturated rings. The van der Waals surface area contributed by atoms with Gasteiger partial charge in [-0.3, -0.25) is 0 Å². The molecule has 1 heteroatoms. The molecule has 1 N–H and O–H groups in total. The third-order valence-electron chi connectivity index (χ3n) is 3.27. The van der Waals surface area contributed by atoms with E-state index in [2.05, 4.69) is 56.1 Å². The monoisotopic (exact) mass is 209 g/mol. The van der Waals surface area contributed by atoms with Gasteiger partial charge in [0.2, 0.25) is 0 Å². The zero-order valence-electron chi connectivity index (χ0n) is 9.89. The number of benzene rings is 2. The van der Waals surface area contributed by atoms with Crippen molar-refractivity contribution in [2.24, 2.45) is 0 Å². The summed E-state index contributed by atoms with van der Waals surface area (Å²) >= 11 is 0. The second-order valence-corrected chi connectivity index (χ2v) is 4.63. The molecule has 3 aromatic rings. The third kappa shape index (κ3) is 1.18. The number of H-pyrrole nitrogens is 1. The fourth-order valence-corrected chi connectivity index (χ4v) is 2.65. The first-order valence-electron chi connectivity index (χ1n) is 5.65. The van der Waals surface area contributed by atoms with E-state index in [1.807, 2.05) is 0 Å². The number of aromatic nitrogens is 1. The zero-order valence-corrected chi connectivity index (χ0v) is 9.89. The summed E-state index contributed by atoms with van der Waals surface area (Å²) in [6.07, 6.45) is 0. The Kier molecular flexibility index (Phi) is 1.84. The lowest BCUT2D eigenvalue weighted by atomic mass is 10.0. The first kappa shape index (κ1) is 9.46. The minimum Gasteiger partial charge on any atom is -0.354 e. The second kappa shape index (κ2) is 3.11. The predicted molar refractivity (Wildman–Crippen MR) is 70.0 cm³/mol. The molecule has 1 aromatic heterocycles. The van der Waals surface area contributed by atoms with Gasteiger partial charge in [0.05, 0.1) is 0 Å². The number of hydrogen-bond donors (Lipinski definition) is 1. The second-order valence-electron chi connectivity index (χ2n) is 4.63. The summed E-state index contributed by atoms with van der Waals surface area (Å²) < 4.78 is 0. The SMILES string of the molecule is Cc1cc(C)c2c(c1)[nH]c1cccc(C)c12. The van der Waals surface area contributed by atoms with Gasteiger partial charge in [-0.25, -0.2) is 0 Å². The van der Waals surface area contributed by atoms with Gasteiger partial charge in [-0.15, -0.1) is 0 Å². The van der Waals surface area contributed by atoms with Gasteiger partial charge in [-0.05, 0) is 49.6 Å². The van der Waals surface area contributed by atoms with E-state index in [-0.39, 0.29) is 0 Å². The lowest BCUT2D eigenvalue weighted by Crippen LogP contribution is -1.80. The normalized spacial score (nSPS) is 11.4. The van der Waals surface area contributed by atoms with Gasteiger partial charge in [-0.1, -0.05) is 18.2 Å². The number of rotatable bonds is 0. The maximum Gasteiger partial charge on any atom is 0.0470 e. The molecular formula is C15H15N. The van der Waals surface area contributed by atoms with Gasteiger partial charge in [0.25, 0.3) is 0 Å². The Bertz CT molecular complexity index is 689. The van der Waals surface area contributed by atoms with Crippen molar-refractivity contribution in [3.63, 3.8) is 0 Å². The lowest BCUT2D eigenvalue weighted by molar-refractivity contribution is 1.42. The number of aromatic amines is 1. The van der Waals surface area contributed by atoms with Crippen LogP contribution in [0.3, 0.4) is 0 Å². The van der Waals surface area contributed by atoms with Crippen LogP contribution in [0.5, 0.6) is 0 Å². The summed E-state index contributed by atoms with van der Waals surface area (Å²) in [6.45, 7) is 6.51. The van der Waals surface area contributed by atoms with Crippen molar-refractivity contribution in [1.82, 2.24) is 4.98 Å². The fourth-order valence-electron chi connectivity index (χ4n) is 2.65. The van der Waals surface area contributed by atoms with Gasteiger partial charge in [0, 0.05) is 21.8 Å². The Morgan fingerprint density at radius 1 is 0.812 bits per heavy atom. The van der Waals surface area contributed by atoms with E-state index >= 15 is 0 Å². The molecule has 2 aromatic carbocycles. The van der Waals surface area contributed by atoms with Crippen LogP contribution in [-0.2, 0) is 0 Å². The van der Waals surface area contributed by atoms with E-state index in [4.69, 9.17) is 0 Å². The highest BCUT2D eigenvalue weighted by Gasteiger charge is 2.08. The van der Waals surface area contributed by atoms with Crippen molar-refractivity contribution in [2.75, 3.05) is 0 Å². The number of aryl methyl sites for hydroxylation is 3. The summed E-state index contributed by atoms with van der Waals surface area (Å²) in [7, 11) is 0. The zero-order chi connectivity index (χ0) is 11.3. The van der Waals surface area contributed by atoms with Crippen molar-refractivity contribution in [3.8, 4) is 0 Å².